The fourth-order valence-corrected chi connectivity index (χ4v) is 2.63. The van der Waals surface area contributed by atoms with Crippen LogP contribution in [0.4, 0.5) is 0 Å². The van der Waals surface area contributed by atoms with Crippen molar-refractivity contribution in [3.8, 4) is 0 Å². The molecule has 2 aromatic rings. The fraction of sp³-hybridized carbons (Fsp3) is 0.286. The molecule has 2 atom stereocenters. The Bertz CT molecular complexity index is 535. The zero-order valence-corrected chi connectivity index (χ0v) is 9.06. The van der Waals surface area contributed by atoms with Crippen LogP contribution in [0.5, 0.6) is 0 Å². The van der Waals surface area contributed by atoms with Crippen molar-refractivity contribution >= 4 is 10.8 Å². The largest absolute Gasteiger partial charge is 0.391 e. The van der Waals surface area contributed by atoms with Gasteiger partial charge in [0.15, 0.2) is 0 Å². The van der Waals surface area contributed by atoms with E-state index in [-0.39, 0.29) is 6.04 Å². The summed E-state index contributed by atoms with van der Waals surface area (Å²) in [5, 5.41) is 12.2. The maximum atomic E-state index is 9.86. The highest BCUT2D eigenvalue weighted by Gasteiger charge is 2.26. The van der Waals surface area contributed by atoms with E-state index >= 15 is 0 Å². The van der Waals surface area contributed by atoms with E-state index in [2.05, 4.69) is 24.3 Å². The minimum absolute atomic E-state index is 0.241. The summed E-state index contributed by atoms with van der Waals surface area (Å²) in [5.41, 5.74) is 8.53. The molecule has 3 rings (SSSR count). The summed E-state index contributed by atoms with van der Waals surface area (Å²) < 4.78 is 0. The van der Waals surface area contributed by atoms with Gasteiger partial charge < -0.3 is 10.8 Å². The van der Waals surface area contributed by atoms with Gasteiger partial charge in [-0.1, -0.05) is 36.4 Å². The molecule has 0 unspecified atom stereocenters. The highest BCUT2D eigenvalue weighted by Crippen LogP contribution is 2.34. The van der Waals surface area contributed by atoms with E-state index < -0.39 is 6.10 Å². The molecule has 0 radical (unpaired) electrons. The predicted octanol–water partition coefficient (Wildman–Crippen LogP) is 2.15. The van der Waals surface area contributed by atoms with Gasteiger partial charge in [0.25, 0.3) is 0 Å². The van der Waals surface area contributed by atoms with Gasteiger partial charge in [-0.15, -0.1) is 0 Å². The van der Waals surface area contributed by atoms with Crippen molar-refractivity contribution in [3.63, 3.8) is 0 Å². The van der Waals surface area contributed by atoms with Crippen LogP contribution in [0.15, 0.2) is 36.4 Å². The van der Waals surface area contributed by atoms with Crippen molar-refractivity contribution < 1.29 is 5.11 Å². The summed E-state index contributed by atoms with van der Waals surface area (Å²) in [6.45, 7) is 0. The molecule has 0 saturated carbocycles. The Hall–Kier alpha value is -1.38. The number of benzene rings is 2. The molecular weight excluding hydrogens is 198 g/mol. The summed E-state index contributed by atoms with van der Waals surface area (Å²) in [6.07, 6.45) is 1.29. The number of hydrogen-bond acceptors (Lipinski definition) is 2. The molecule has 0 spiro atoms. The van der Waals surface area contributed by atoms with E-state index in [1.807, 2.05) is 12.1 Å². The molecule has 82 valence electrons. The standard InChI is InChI=1S/C14H15NO/c15-14-12(16)8-7-10-6-5-9-3-1-2-4-11(9)13(10)14/h1-6,12,14,16H,7-8,15H2/t12-,14-/m0/s1. The van der Waals surface area contributed by atoms with Crippen LogP contribution in [0.1, 0.15) is 23.6 Å². The Labute approximate surface area is 94.7 Å². The molecule has 2 heteroatoms. The zero-order valence-electron chi connectivity index (χ0n) is 9.06. The summed E-state index contributed by atoms with van der Waals surface area (Å²) >= 11 is 0. The zero-order chi connectivity index (χ0) is 11.1. The number of rotatable bonds is 0. The molecule has 2 nitrogen and oxygen atoms in total. The molecule has 16 heavy (non-hydrogen) atoms. The van der Waals surface area contributed by atoms with Crippen LogP contribution < -0.4 is 5.73 Å². The van der Waals surface area contributed by atoms with Crippen LogP contribution in [0.2, 0.25) is 0 Å². The molecule has 0 heterocycles. The first-order chi connectivity index (χ1) is 7.77. The summed E-state index contributed by atoms with van der Waals surface area (Å²) in [5.74, 6) is 0. The van der Waals surface area contributed by atoms with Crippen molar-refractivity contribution in [3.05, 3.63) is 47.5 Å². The SMILES string of the molecule is N[C@@H]1c2c(ccc3ccccc23)CC[C@@H]1O. The molecule has 0 saturated heterocycles. The number of fused-ring (bicyclic) bond motifs is 3. The van der Waals surface area contributed by atoms with Gasteiger partial charge in [0, 0.05) is 0 Å². The molecule has 0 bridgehead atoms. The second kappa shape index (κ2) is 3.58. The number of aliphatic hydroxyl groups excluding tert-OH is 1. The smallest absolute Gasteiger partial charge is 0.0736 e. The van der Waals surface area contributed by atoms with Crippen LogP contribution in [-0.4, -0.2) is 11.2 Å². The van der Waals surface area contributed by atoms with Crippen LogP contribution in [0.3, 0.4) is 0 Å². The second-order valence-electron chi connectivity index (χ2n) is 4.49. The number of nitrogens with two attached hydrogens (primary N) is 1. The molecule has 3 N–H and O–H groups in total. The summed E-state index contributed by atoms with van der Waals surface area (Å²) in [7, 11) is 0. The number of aryl methyl sites for hydroxylation is 1. The predicted molar refractivity (Wildman–Crippen MR) is 65.2 cm³/mol. The van der Waals surface area contributed by atoms with Crippen LogP contribution in [-0.2, 0) is 6.42 Å². The van der Waals surface area contributed by atoms with Gasteiger partial charge in [-0.05, 0) is 34.7 Å². The van der Waals surface area contributed by atoms with Gasteiger partial charge in [-0.25, -0.2) is 0 Å². The number of aliphatic hydroxyl groups is 1. The molecule has 1 aliphatic rings. The van der Waals surface area contributed by atoms with Crippen molar-refractivity contribution in [2.75, 3.05) is 0 Å². The maximum absolute atomic E-state index is 9.86. The Morgan fingerprint density at radius 3 is 2.81 bits per heavy atom. The van der Waals surface area contributed by atoms with Gasteiger partial charge in [0.05, 0.1) is 12.1 Å². The lowest BCUT2D eigenvalue weighted by molar-refractivity contribution is 0.128. The lowest BCUT2D eigenvalue weighted by Crippen LogP contribution is -2.31. The normalized spacial score (nSPS) is 24.4. The molecule has 0 amide bonds. The summed E-state index contributed by atoms with van der Waals surface area (Å²) in [4.78, 5) is 0. The van der Waals surface area contributed by atoms with E-state index in [0.717, 1.165) is 18.4 Å². The van der Waals surface area contributed by atoms with E-state index in [9.17, 15) is 5.11 Å². The monoisotopic (exact) mass is 213 g/mol. The summed E-state index contributed by atoms with van der Waals surface area (Å²) in [6, 6.07) is 12.3. The van der Waals surface area contributed by atoms with E-state index in [1.165, 1.54) is 16.3 Å². The van der Waals surface area contributed by atoms with Gasteiger partial charge >= 0.3 is 0 Å². The maximum Gasteiger partial charge on any atom is 0.0736 e. The van der Waals surface area contributed by atoms with E-state index in [1.54, 1.807) is 0 Å². The quantitative estimate of drug-likeness (QED) is 0.704. The van der Waals surface area contributed by atoms with Crippen molar-refractivity contribution in [1.29, 1.82) is 0 Å². The van der Waals surface area contributed by atoms with Gasteiger partial charge in [0.1, 0.15) is 0 Å². The van der Waals surface area contributed by atoms with Crippen molar-refractivity contribution in [2.45, 2.75) is 25.0 Å². The highest BCUT2D eigenvalue weighted by atomic mass is 16.3. The average Bonchev–Trinajstić information content (AvgIpc) is 2.33. The Morgan fingerprint density at radius 2 is 1.94 bits per heavy atom. The van der Waals surface area contributed by atoms with Gasteiger partial charge in [-0.2, -0.15) is 0 Å². The minimum atomic E-state index is -0.404. The van der Waals surface area contributed by atoms with Crippen LogP contribution in [0, 0.1) is 0 Å². The molecule has 0 fully saturated rings. The highest BCUT2D eigenvalue weighted by molar-refractivity contribution is 5.87. The molecule has 1 aliphatic carbocycles. The third kappa shape index (κ3) is 1.34. The second-order valence-corrected chi connectivity index (χ2v) is 4.49. The molecule has 0 aromatic heterocycles. The van der Waals surface area contributed by atoms with Gasteiger partial charge in [0.2, 0.25) is 0 Å². The Morgan fingerprint density at radius 1 is 1.12 bits per heavy atom. The Balaban J connectivity index is 2.32. The third-order valence-electron chi connectivity index (χ3n) is 3.52. The fourth-order valence-electron chi connectivity index (χ4n) is 2.63. The van der Waals surface area contributed by atoms with Gasteiger partial charge in [-0.3, -0.25) is 0 Å². The molecular formula is C14H15NO. The molecule has 2 aromatic carbocycles. The van der Waals surface area contributed by atoms with Crippen LogP contribution in [0.25, 0.3) is 10.8 Å². The first kappa shape index (κ1) is 9.82. The average molecular weight is 213 g/mol. The molecule has 0 aliphatic heterocycles. The topological polar surface area (TPSA) is 46.2 Å². The van der Waals surface area contributed by atoms with Crippen molar-refractivity contribution in [2.24, 2.45) is 5.73 Å². The number of hydrogen-bond donors (Lipinski definition) is 2. The van der Waals surface area contributed by atoms with E-state index in [0.29, 0.717) is 0 Å². The first-order valence-corrected chi connectivity index (χ1v) is 5.71. The third-order valence-corrected chi connectivity index (χ3v) is 3.52. The first-order valence-electron chi connectivity index (χ1n) is 5.71. The Kier molecular flexibility index (Phi) is 2.20. The lowest BCUT2D eigenvalue weighted by atomic mass is 9.83. The van der Waals surface area contributed by atoms with E-state index in [4.69, 9.17) is 5.73 Å². The lowest BCUT2D eigenvalue weighted by Gasteiger charge is -2.28. The minimum Gasteiger partial charge on any atom is -0.391 e. The van der Waals surface area contributed by atoms with Crippen LogP contribution >= 0.6 is 0 Å². The van der Waals surface area contributed by atoms with Crippen molar-refractivity contribution in [1.82, 2.24) is 0 Å².